The van der Waals surface area contributed by atoms with Gasteiger partial charge in [0.1, 0.15) is 15.7 Å². The minimum Gasteiger partial charge on any atom is -0.497 e. The summed E-state index contributed by atoms with van der Waals surface area (Å²) in [4.78, 5) is 13.0. The first-order valence-corrected chi connectivity index (χ1v) is 10.2. The predicted octanol–water partition coefficient (Wildman–Crippen LogP) is 3.85. The number of thiophene rings is 1. The van der Waals surface area contributed by atoms with E-state index in [1.165, 1.54) is 38.5 Å². The van der Waals surface area contributed by atoms with Crippen LogP contribution in [0.4, 0.5) is 5.69 Å². The Hall–Kier alpha value is -2.84. The molecule has 0 fully saturated rings. The van der Waals surface area contributed by atoms with Gasteiger partial charge < -0.3 is 14.8 Å². The molecule has 0 aliphatic heterocycles. The number of sulfone groups is 1. The normalized spacial score (nSPS) is 11.0. The van der Waals surface area contributed by atoms with Crippen molar-refractivity contribution < 1.29 is 22.7 Å². The molecule has 6 nitrogen and oxygen atoms in total. The molecule has 8 heteroatoms. The second kappa shape index (κ2) is 7.81. The SMILES string of the molecule is COc1ccc(OC)c(NC(=O)c2ccc(S(=O)(=O)c3ccccc3)s2)c1. The molecule has 0 radical (unpaired) electrons. The van der Waals surface area contributed by atoms with E-state index in [2.05, 4.69) is 5.32 Å². The molecular weight excluding hydrogens is 386 g/mol. The number of benzene rings is 2. The smallest absolute Gasteiger partial charge is 0.265 e. The molecule has 27 heavy (non-hydrogen) atoms. The van der Waals surface area contributed by atoms with Crippen LogP contribution in [0.25, 0.3) is 0 Å². The zero-order chi connectivity index (χ0) is 19.4. The summed E-state index contributed by atoms with van der Waals surface area (Å²) in [6, 6.07) is 16.0. The van der Waals surface area contributed by atoms with Crippen LogP contribution < -0.4 is 14.8 Å². The molecule has 0 unspecified atom stereocenters. The number of anilines is 1. The van der Waals surface area contributed by atoms with E-state index in [1.54, 1.807) is 36.4 Å². The number of amides is 1. The van der Waals surface area contributed by atoms with Gasteiger partial charge in [-0.3, -0.25) is 4.79 Å². The van der Waals surface area contributed by atoms with Crippen LogP contribution in [0.1, 0.15) is 9.67 Å². The fraction of sp³-hybridized carbons (Fsp3) is 0.105. The van der Waals surface area contributed by atoms with Gasteiger partial charge in [0, 0.05) is 6.07 Å². The van der Waals surface area contributed by atoms with Crippen molar-refractivity contribution in [3.8, 4) is 11.5 Å². The Morgan fingerprint density at radius 2 is 1.70 bits per heavy atom. The van der Waals surface area contributed by atoms with Crippen LogP contribution in [-0.2, 0) is 9.84 Å². The summed E-state index contributed by atoms with van der Waals surface area (Å²) in [6.07, 6.45) is 0. The molecule has 140 valence electrons. The Balaban J connectivity index is 1.86. The predicted molar refractivity (Wildman–Crippen MR) is 104 cm³/mol. The van der Waals surface area contributed by atoms with Gasteiger partial charge in [-0.25, -0.2) is 8.42 Å². The van der Waals surface area contributed by atoms with Crippen molar-refractivity contribution in [3.05, 3.63) is 65.5 Å². The van der Waals surface area contributed by atoms with Crippen LogP contribution in [0.5, 0.6) is 11.5 Å². The molecule has 0 aliphatic rings. The van der Waals surface area contributed by atoms with E-state index in [-0.39, 0.29) is 14.0 Å². The molecule has 3 rings (SSSR count). The summed E-state index contributed by atoms with van der Waals surface area (Å²) in [6.45, 7) is 0. The molecule has 0 saturated heterocycles. The van der Waals surface area contributed by atoms with E-state index < -0.39 is 15.7 Å². The molecule has 1 N–H and O–H groups in total. The number of methoxy groups -OCH3 is 2. The van der Waals surface area contributed by atoms with Crippen molar-refractivity contribution >= 4 is 32.8 Å². The highest BCUT2D eigenvalue weighted by Crippen LogP contribution is 2.31. The van der Waals surface area contributed by atoms with E-state index in [9.17, 15) is 13.2 Å². The van der Waals surface area contributed by atoms with E-state index in [0.29, 0.717) is 17.2 Å². The first-order chi connectivity index (χ1) is 13.0. The van der Waals surface area contributed by atoms with Gasteiger partial charge >= 0.3 is 0 Å². The highest BCUT2D eigenvalue weighted by molar-refractivity contribution is 7.93. The molecule has 0 atom stereocenters. The van der Waals surface area contributed by atoms with E-state index in [0.717, 1.165) is 11.3 Å². The van der Waals surface area contributed by atoms with Crippen molar-refractivity contribution in [2.45, 2.75) is 9.10 Å². The monoisotopic (exact) mass is 403 g/mol. The minimum absolute atomic E-state index is 0.108. The Labute approximate surface area is 161 Å². The lowest BCUT2D eigenvalue weighted by Crippen LogP contribution is -2.11. The third-order valence-corrected chi connectivity index (χ3v) is 7.12. The number of hydrogen-bond donors (Lipinski definition) is 1. The average molecular weight is 403 g/mol. The van der Waals surface area contributed by atoms with Crippen LogP contribution in [0.2, 0.25) is 0 Å². The number of carbonyl (C=O) groups is 1. The number of carbonyl (C=O) groups excluding carboxylic acids is 1. The first kappa shape index (κ1) is 18.9. The van der Waals surface area contributed by atoms with Gasteiger partial charge in [0.2, 0.25) is 9.84 Å². The van der Waals surface area contributed by atoms with Crippen molar-refractivity contribution in [2.24, 2.45) is 0 Å². The quantitative estimate of drug-likeness (QED) is 0.676. The Bertz CT molecular complexity index is 1060. The van der Waals surface area contributed by atoms with Gasteiger partial charge in [-0.15, -0.1) is 11.3 Å². The van der Waals surface area contributed by atoms with Gasteiger partial charge in [-0.2, -0.15) is 0 Å². The third kappa shape index (κ3) is 3.96. The molecule has 1 heterocycles. The standard InChI is InChI=1S/C19H17NO5S2/c1-24-13-8-9-16(25-2)15(12-13)20-19(21)17-10-11-18(26-17)27(22,23)14-6-4-3-5-7-14/h3-12H,1-2H3,(H,20,21). The van der Waals surface area contributed by atoms with Crippen LogP contribution in [0, 0.1) is 0 Å². The van der Waals surface area contributed by atoms with Gasteiger partial charge in [-0.1, -0.05) is 18.2 Å². The summed E-state index contributed by atoms with van der Waals surface area (Å²) < 4.78 is 35.8. The average Bonchev–Trinajstić information content (AvgIpc) is 3.20. The molecule has 0 spiro atoms. The lowest BCUT2D eigenvalue weighted by atomic mass is 10.2. The van der Waals surface area contributed by atoms with Gasteiger partial charge in [0.05, 0.1) is 29.7 Å². The lowest BCUT2D eigenvalue weighted by Gasteiger charge is -2.11. The van der Waals surface area contributed by atoms with Crippen molar-refractivity contribution in [3.63, 3.8) is 0 Å². The molecule has 3 aromatic rings. The highest BCUT2D eigenvalue weighted by Gasteiger charge is 2.22. The largest absolute Gasteiger partial charge is 0.497 e. The minimum atomic E-state index is -3.65. The van der Waals surface area contributed by atoms with Gasteiger partial charge in [0.25, 0.3) is 5.91 Å². The Kier molecular flexibility index (Phi) is 5.48. The maximum Gasteiger partial charge on any atom is 0.265 e. The van der Waals surface area contributed by atoms with Gasteiger partial charge in [-0.05, 0) is 36.4 Å². The molecule has 0 saturated carbocycles. The fourth-order valence-corrected chi connectivity index (χ4v) is 5.02. The summed E-state index contributed by atoms with van der Waals surface area (Å²) in [5.74, 6) is 0.600. The molecule has 1 aromatic heterocycles. The number of rotatable bonds is 6. The zero-order valence-electron chi connectivity index (χ0n) is 14.6. The summed E-state index contributed by atoms with van der Waals surface area (Å²) in [7, 11) is -0.640. The second-order valence-corrected chi connectivity index (χ2v) is 8.72. The maximum absolute atomic E-state index is 12.7. The highest BCUT2D eigenvalue weighted by atomic mass is 32.2. The van der Waals surface area contributed by atoms with E-state index in [1.807, 2.05) is 0 Å². The molecule has 2 aromatic carbocycles. The van der Waals surface area contributed by atoms with Crippen molar-refractivity contribution in [1.29, 1.82) is 0 Å². The van der Waals surface area contributed by atoms with E-state index in [4.69, 9.17) is 9.47 Å². The first-order valence-electron chi connectivity index (χ1n) is 7.89. The van der Waals surface area contributed by atoms with Crippen molar-refractivity contribution in [2.75, 3.05) is 19.5 Å². The fourth-order valence-electron chi connectivity index (χ4n) is 2.40. The van der Waals surface area contributed by atoms with Gasteiger partial charge in [0.15, 0.2) is 0 Å². The van der Waals surface area contributed by atoms with Crippen molar-refractivity contribution in [1.82, 2.24) is 0 Å². The van der Waals surface area contributed by atoms with E-state index >= 15 is 0 Å². The Morgan fingerprint density at radius 3 is 2.37 bits per heavy atom. The molecule has 0 bridgehead atoms. The van der Waals surface area contributed by atoms with Crippen LogP contribution >= 0.6 is 11.3 Å². The lowest BCUT2D eigenvalue weighted by molar-refractivity contribution is 0.103. The van der Waals surface area contributed by atoms with Crippen LogP contribution in [-0.4, -0.2) is 28.5 Å². The zero-order valence-corrected chi connectivity index (χ0v) is 16.3. The third-order valence-electron chi connectivity index (χ3n) is 3.78. The number of ether oxygens (including phenoxy) is 2. The molecule has 0 aliphatic carbocycles. The Morgan fingerprint density at radius 1 is 0.963 bits per heavy atom. The summed E-state index contributed by atoms with van der Waals surface area (Å²) in [5.41, 5.74) is 0.433. The second-order valence-electron chi connectivity index (χ2n) is 5.46. The number of hydrogen-bond acceptors (Lipinski definition) is 6. The maximum atomic E-state index is 12.7. The van der Waals surface area contributed by atoms with Crippen LogP contribution in [0.3, 0.4) is 0 Å². The molecular formula is C19H17NO5S2. The summed E-state index contributed by atoms with van der Waals surface area (Å²) >= 11 is 0.913. The summed E-state index contributed by atoms with van der Waals surface area (Å²) in [5, 5.41) is 2.73. The topological polar surface area (TPSA) is 81.7 Å². The molecule has 1 amide bonds. The number of nitrogens with one attached hydrogen (secondary N) is 1. The van der Waals surface area contributed by atoms with Crippen LogP contribution in [0.15, 0.2) is 69.8 Å².